The van der Waals surface area contributed by atoms with E-state index in [1.165, 1.54) is 0 Å². The van der Waals surface area contributed by atoms with Crippen molar-refractivity contribution in [2.24, 2.45) is 0 Å². The van der Waals surface area contributed by atoms with Crippen LogP contribution in [-0.4, -0.2) is 4.98 Å². The quantitative estimate of drug-likeness (QED) is 0.328. The van der Waals surface area contributed by atoms with Crippen LogP contribution in [0.25, 0.3) is 11.1 Å². The molecule has 0 aliphatic rings. The van der Waals surface area contributed by atoms with E-state index in [1.807, 2.05) is 36.4 Å². The van der Waals surface area contributed by atoms with Gasteiger partial charge in [0.05, 0.1) is 11.1 Å². The zero-order valence-electron chi connectivity index (χ0n) is 16.2. The Labute approximate surface area is 179 Å². The summed E-state index contributed by atoms with van der Waals surface area (Å²) in [6, 6.07) is 12.6. The van der Waals surface area contributed by atoms with Gasteiger partial charge in [-0.25, -0.2) is 4.98 Å². The fourth-order valence-corrected chi connectivity index (χ4v) is 3.46. The fraction of sp³-hybridized carbons (Fsp3) is 0.227. The fourth-order valence-electron chi connectivity index (χ4n) is 3.16. The molecule has 1 N–H and O–H groups in total. The van der Waals surface area contributed by atoms with Crippen LogP contribution >= 0.6 is 11.6 Å². The van der Waals surface area contributed by atoms with Gasteiger partial charge in [-0.1, -0.05) is 41.9 Å². The van der Waals surface area contributed by atoms with Crippen LogP contribution in [0.4, 0.5) is 26.3 Å². The highest BCUT2D eigenvalue weighted by atomic mass is 35.5. The van der Waals surface area contributed by atoms with Crippen LogP contribution in [0.5, 0.6) is 0 Å². The Bertz CT molecular complexity index is 1030. The number of nitrogens with zero attached hydrogens (tertiary/aromatic N) is 1. The van der Waals surface area contributed by atoms with Gasteiger partial charge in [-0.2, -0.15) is 26.3 Å². The van der Waals surface area contributed by atoms with Crippen molar-refractivity contribution in [2.75, 3.05) is 0 Å². The zero-order chi connectivity index (χ0) is 22.8. The van der Waals surface area contributed by atoms with Crippen molar-refractivity contribution in [2.45, 2.75) is 32.4 Å². The molecule has 0 spiro atoms. The molecular weight excluding hydrogens is 442 g/mol. The van der Waals surface area contributed by atoms with Crippen LogP contribution in [0.1, 0.15) is 27.9 Å². The Morgan fingerprint density at radius 2 is 1.42 bits per heavy atom. The van der Waals surface area contributed by atoms with Gasteiger partial charge >= 0.3 is 12.4 Å². The molecular formula is C22H17ClF6N2. The smallest absolute Gasteiger partial charge is 0.308 e. The number of nitrogens with one attached hydrogen (secondary N) is 1. The summed E-state index contributed by atoms with van der Waals surface area (Å²) in [4.78, 5) is 4.21. The molecule has 3 rings (SSSR count). The summed E-state index contributed by atoms with van der Waals surface area (Å²) in [6.07, 6.45) is -9.78. The number of aromatic nitrogens is 1. The minimum atomic E-state index is -4.89. The molecule has 3 aromatic rings. The van der Waals surface area contributed by atoms with E-state index in [9.17, 15) is 26.3 Å². The van der Waals surface area contributed by atoms with Crippen molar-refractivity contribution in [1.29, 1.82) is 0 Å². The maximum absolute atomic E-state index is 13.0. The second-order valence-electron chi connectivity index (χ2n) is 6.96. The van der Waals surface area contributed by atoms with Crippen molar-refractivity contribution in [1.82, 2.24) is 10.3 Å². The molecule has 0 saturated heterocycles. The summed E-state index contributed by atoms with van der Waals surface area (Å²) in [5.74, 6) is 0. The zero-order valence-corrected chi connectivity index (χ0v) is 17.0. The molecule has 0 radical (unpaired) electrons. The molecule has 0 amide bonds. The Kier molecular flexibility index (Phi) is 6.62. The van der Waals surface area contributed by atoms with E-state index in [0.29, 0.717) is 23.4 Å². The highest BCUT2D eigenvalue weighted by Gasteiger charge is 2.36. The summed E-state index contributed by atoms with van der Waals surface area (Å²) < 4.78 is 78.2. The van der Waals surface area contributed by atoms with Gasteiger partial charge in [0.25, 0.3) is 0 Å². The van der Waals surface area contributed by atoms with Crippen LogP contribution in [0, 0.1) is 6.92 Å². The molecule has 0 bridgehead atoms. The number of hydrogen-bond donors (Lipinski definition) is 1. The Morgan fingerprint density at radius 1 is 0.839 bits per heavy atom. The molecule has 31 heavy (non-hydrogen) atoms. The predicted octanol–water partition coefficient (Wildman–Crippen LogP) is 7.04. The standard InChI is InChI=1S/C22H17ClF6N2/c1-13-7-18(15-5-3-2-4-6-15)19(20(23)31-13)12-30-11-14-8-16(21(24,25)26)10-17(9-14)22(27,28)29/h2-10,30H,11-12H2,1H3. The molecule has 0 fully saturated rings. The molecule has 164 valence electrons. The lowest BCUT2D eigenvalue weighted by Gasteiger charge is -2.16. The molecule has 1 aromatic heterocycles. The normalized spacial score (nSPS) is 12.3. The van der Waals surface area contributed by atoms with E-state index in [0.717, 1.165) is 11.1 Å². The second-order valence-corrected chi connectivity index (χ2v) is 7.32. The Balaban J connectivity index is 1.87. The molecule has 0 saturated carbocycles. The van der Waals surface area contributed by atoms with Gasteiger partial charge in [-0.3, -0.25) is 0 Å². The van der Waals surface area contributed by atoms with Crippen LogP contribution in [0.15, 0.2) is 54.6 Å². The Morgan fingerprint density at radius 3 is 1.97 bits per heavy atom. The van der Waals surface area contributed by atoms with Gasteiger partial charge in [-0.15, -0.1) is 0 Å². The molecule has 2 aromatic carbocycles. The molecule has 0 aliphatic carbocycles. The molecule has 2 nitrogen and oxygen atoms in total. The third-order valence-electron chi connectivity index (χ3n) is 4.57. The summed E-state index contributed by atoms with van der Waals surface area (Å²) in [5.41, 5.74) is 0.0930. The first-order chi connectivity index (χ1) is 14.4. The SMILES string of the molecule is Cc1cc(-c2ccccc2)c(CNCc2cc(C(F)(F)F)cc(C(F)(F)F)c2)c(Cl)n1. The van der Waals surface area contributed by atoms with Gasteiger partial charge in [0.2, 0.25) is 0 Å². The summed E-state index contributed by atoms with van der Waals surface area (Å²) in [6.45, 7) is 1.66. The highest BCUT2D eigenvalue weighted by Crippen LogP contribution is 2.36. The topological polar surface area (TPSA) is 24.9 Å². The van der Waals surface area contributed by atoms with Crippen LogP contribution in [-0.2, 0) is 25.4 Å². The van der Waals surface area contributed by atoms with E-state index in [1.54, 1.807) is 6.92 Å². The number of aryl methyl sites for hydroxylation is 1. The van der Waals surface area contributed by atoms with Crippen molar-refractivity contribution in [3.05, 3.63) is 87.7 Å². The maximum atomic E-state index is 13.0. The van der Waals surface area contributed by atoms with Crippen molar-refractivity contribution < 1.29 is 26.3 Å². The van der Waals surface area contributed by atoms with E-state index in [4.69, 9.17) is 11.6 Å². The number of pyridine rings is 1. The number of alkyl halides is 6. The number of halogens is 7. The lowest BCUT2D eigenvalue weighted by molar-refractivity contribution is -0.143. The van der Waals surface area contributed by atoms with E-state index in [2.05, 4.69) is 10.3 Å². The third-order valence-corrected chi connectivity index (χ3v) is 4.88. The first-order valence-corrected chi connectivity index (χ1v) is 9.53. The molecule has 0 atom stereocenters. The van der Waals surface area contributed by atoms with Crippen molar-refractivity contribution in [3.63, 3.8) is 0 Å². The summed E-state index contributed by atoms with van der Waals surface area (Å²) >= 11 is 6.29. The van der Waals surface area contributed by atoms with E-state index >= 15 is 0 Å². The van der Waals surface area contributed by atoms with Crippen molar-refractivity contribution in [3.8, 4) is 11.1 Å². The maximum Gasteiger partial charge on any atom is 0.416 e. The molecule has 9 heteroatoms. The van der Waals surface area contributed by atoms with Gasteiger partial charge in [0, 0.05) is 24.3 Å². The number of benzene rings is 2. The minimum absolute atomic E-state index is 0.105. The van der Waals surface area contributed by atoms with E-state index in [-0.39, 0.29) is 29.9 Å². The summed E-state index contributed by atoms with van der Waals surface area (Å²) in [5, 5.41) is 3.10. The van der Waals surface area contributed by atoms with Gasteiger partial charge < -0.3 is 5.32 Å². The first kappa shape index (κ1) is 23.1. The second kappa shape index (κ2) is 8.88. The predicted molar refractivity (Wildman–Crippen MR) is 106 cm³/mol. The summed E-state index contributed by atoms with van der Waals surface area (Å²) in [7, 11) is 0. The highest BCUT2D eigenvalue weighted by molar-refractivity contribution is 6.30. The minimum Gasteiger partial charge on any atom is -0.308 e. The van der Waals surface area contributed by atoms with Crippen LogP contribution < -0.4 is 5.32 Å². The largest absolute Gasteiger partial charge is 0.416 e. The Hall–Kier alpha value is -2.58. The van der Waals surface area contributed by atoms with Gasteiger partial charge in [-0.05, 0) is 47.9 Å². The molecule has 0 aliphatic heterocycles. The average Bonchev–Trinajstić information content (AvgIpc) is 2.68. The first-order valence-electron chi connectivity index (χ1n) is 9.15. The van der Waals surface area contributed by atoms with Gasteiger partial charge in [0.15, 0.2) is 0 Å². The molecule has 0 unspecified atom stereocenters. The number of hydrogen-bond acceptors (Lipinski definition) is 2. The monoisotopic (exact) mass is 458 g/mol. The van der Waals surface area contributed by atoms with Crippen molar-refractivity contribution >= 4 is 11.6 Å². The van der Waals surface area contributed by atoms with Gasteiger partial charge in [0.1, 0.15) is 5.15 Å². The molecule has 1 heterocycles. The lowest BCUT2D eigenvalue weighted by Crippen LogP contribution is -2.17. The van der Waals surface area contributed by atoms with Crippen LogP contribution in [0.3, 0.4) is 0 Å². The van der Waals surface area contributed by atoms with Crippen LogP contribution in [0.2, 0.25) is 5.15 Å². The lowest BCUT2D eigenvalue weighted by atomic mass is 10.0. The third kappa shape index (κ3) is 5.77. The average molecular weight is 459 g/mol. The number of rotatable bonds is 5. The van der Waals surface area contributed by atoms with E-state index < -0.39 is 23.5 Å².